The summed E-state index contributed by atoms with van der Waals surface area (Å²) in [6.07, 6.45) is 5.04. The van der Waals surface area contributed by atoms with Crippen molar-refractivity contribution >= 4 is 68.4 Å². The first-order valence-electron chi connectivity index (χ1n) is 21.5. The average molecular weight is 873 g/mol. The maximum Gasteiger partial charge on any atom is 0.301 e. The third-order valence-electron chi connectivity index (χ3n) is 13.6. The molecule has 0 spiro atoms. The molecule has 1 saturated carbocycles. The number of fused-ring (bicyclic) bond motifs is 4. The Kier molecular flexibility index (Phi) is 10.3. The molecule has 4 aliphatic heterocycles. The number of alkyl halides is 3. The van der Waals surface area contributed by atoms with Crippen molar-refractivity contribution in [1.82, 2.24) is 34.5 Å². The zero-order valence-corrected chi connectivity index (χ0v) is 35.2. The Morgan fingerprint density at radius 3 is 2.53 bits per heavy atom. The van der Waals surface area contributed by atoms with Crippen LogP contribution in [-0.2, 0) is 23.7 Å². The van der Waals surface area contributed by atoms with Gasteiger partial charge in [-0.25, -0.2) is 18.2 Å². The quantitative estimate of drug-likeness (QED) is 0.149. The first kappa shape index (κ1) is 40.6. The Morgan fingerprint density at radius 2 is 1.77 bits per heavy atom. The van der Waals surface area contributed by atoms with Gasteiger partial charge in [-0.2, -0.15) is 10.1 Å². The Morgan fingerprint density at radius 1 is 0.968 bits per heavy atom. The first-order chi connectivity index (χ1) is 29.8. The lowest BCUT2D eigenvalue weighted by atomic mass is 9.87. The summed E-state index contributed by atoms with van der Waals surface area (Å²) in [4.78, 5) is 50.9. The molecule has 7 heterocycles. The number of ether oxygens (including phenoxy) is 1. The van der Waals surface area contributed by atoms with Crippen LogP contribution in [0.4, 0.5) is 36.3 Å². The van der Waals surface area contributed by atoms with E-state index in [-0.39, 0.29) is 46.7 Å². The summed E-state index contributed by atoms with van der Waals surface area (Å²) < 4.78 is 55.0. The summed E-state index contributed by atoms with van der Waals surface area (Å²) >= 11 is 6.59. The lowest BCUT2D eigenvalue weighted by Crippen LogP contribution is -2.47. The van der Waals surface area contributed by atoms with Gasteiger partial charge in [0.1, 0.15) is 11.2 Å². The summed E-state index contributed by atoms with van der Waals surface area (Å²) in [5, 5.41) is 15.1. The number of rotatable bonds is 8. The number of aryl methyl sites for hydroxylation is 2. The van der Waals surface area contributed by atoms with Crippen LogP contribution in [-0.4, -0.2) is 98.5 Å². The number of hydrogen-bond donors (Lipinski definition) is 3. The predicted molar refractivity (Wildman–Crippen MR) is 230 cm³/mol. The first-order valence-corrected chi connectivity index (χ1v) is 21.8. The van der Waals surface area contributed by atoms with Crippen molar-refractivity contribution in [3.05, 3.63) is 69.2 Å². The summed E-state index contributed by atoms with van der Waals surface area (Å²) in [6, 6.07) is 10.4. The van der Waals surface area contributed by atoms with E-state index in [1.165, 1.54) is 16.3 Å². The molecule has 3 aromatic heterocycles. The van der Waals surface area contributed by atoms with Crippen molar-refractivity contribution in [2.24, 2.45) is 25.9 Å². The van der Waals surface area contributed by atoms with Gasteiger partial charge >= 0.3 is 5.92 Å². The second kappa shape index (κ2) is 15.7. The van der Waals surface area contributed by atoms with Gasteiger partial charge < -0.3 is 29.7 Å². The number of nitrogens with zero attached hydrogens (tertiary/aromatic N) is 7. The van der Waals surface area contributed by atoms with Gasteiger partial charge in [-0.05, 0) is 93.3 Å². The minimum Gasteiger partial charge on any atom is -0.480 e. The largest absolute Gasteiger partial charge is 0.480 e. The average Bonchev–Trinajstić information content (AvgIpc) is 4.06. The molecule has 4 atom stereocenters. The van der Waals surface area contributed by atoms with E-state index in [0.29, 0.717) is 85.2 Å². The third-order valence-corrected chi connectivity index (χ3v) is 13.9. The molecule has 1 aliphatic carbocycles. The maximum absolute atomic E-state index is 16.0. The highest BCUT2D eigenvalue weighted by atomic mass is 35.5. The molecule has 3 saturated heterocycles. The molecule has 326 valence electrons. The third kappa shape index (κ3) is 7.50. The summed E-state index contributed by atoms with van der Waals surface area (Å²) in [6.45, 7) is 2.23. The van der Waals surface area contributed by atoms with Gasteiger partial charge in [-0.15, -0.1) is 0 Å². The molecule has 5 aliphatic rings. The minimum absolute atomic E-state index is 0.134. The molecule has 2 amide bonds. The number of benzene rings is 2. The van der Waals surface area contributed by atoms with Crippen LogP contribution in [0, 0.1) is 11.8 Å². The molecular formula is C44H48ClF3N10O4. The molecule has 5 aromatic rings. The minimum atomic E-state index is -3.16. The number of pyridine rings is 1. The number of imide groups is 1. The number of hydrogen-bond acceptors (Lipinski definition) is 11. The predicted octanol–water partition coefficient (Wildman–Crippen LogP) is 6.39. The van der Waals surface area contributed by atoms with E-state index in [4.69, 9.17) is 26.4 Å². The van der Waals surface area contributed by atoms with E-state index in [0.717, 1.165) is 36.8 Å². The summed E-state index contributed by atoms with van der Waals surface area (Å²) in [5.74, 6) is -3.62. The molecule has 3 N–H and O–H groups in total. The molecule has 18 heteroatoms. The van der Waals surface area contributed by atoms with Gasteiger partial charge in [0.2, 0.25) is 23.5 Å². The van der Waals surface area contributed by atoms with Crippen molar-refractivity contribution in [2.75, 3.05) is 54.9 Å². The fourth-order valence-electron chi connectivity index (χ4n) is 9.91. The standard InChI is InChI=1S/C44H48ClF3N10O4/c1-55-33-9-6-27(18-30(33)37-38(42(55)61)62-22-44(47,48)39(52-37)24-3-4-24)50-40-31(45)19-49-43(53-40)58-16-13-26(32(46)21-58)20-57-14-11-23(12-15-57)25-5-7-28-34(17-25)56(2)54-36(28)29-8-10-35(59)51-41(29)60/h5-7,9,17-19,23-24,26,29,32,39,52H,3-4,8,10-16,20-22H2,1-2H3,(H,49,50,53)(H,51,59,60)/t26-,29?,32-,39+/m1/s1. The number of carbonyl (C=O) groups is 2. The molecular weight excluding hydrogens is 825 g/mol. The number of anilines is 4. The van der Waals surface area contributed by atoms with Crippen LogP contribution >= 0.6 is 11.6 Å². The number of halogens is 4. The Balaban J connectivity index is 0.777. The number of aromatic nitrogens is 5. The van der Waals surface area contributed by atoms with Crippen molar-refractivity contribution in [2.45, 2.75) is 74.9 Å². The van der Waals surface area contributed by atoms with Crippen LogP contribution in [0.3, 0.4) is 0 Å². The van der Waals surface area contributed by atoms with Crippen molar-refractivity contribution < 1.29 is 27.5 Å². The number of piperidine rings is 3. The molecule has 10 rings (SSSR count). The molecule has 0 bridgehead atoms. The molecule has 2 aromatic carbocycles. The highest BCUT2D eigenvalue weighted by molar-refractivity contribution is 6.33. The second-order valence-corrected chi connectivity index (χ2v) is 18.1. The fraction of sp³-hybridized carbons (Fsp3) is 0.500. The van der Waals surface area contributed by atoms with Crippen molar-refractivity contribution in [1.29, 1.82) is 0 Å². The van der Waals surface area contributed by atoms with Gasteiger partial charge in [0.15, 0.2) is 12.4 Å². The normalized spacial score (nSPS) is 24.6. The Bertz CT molecular complexity index is 2660. The number of carbonyl (C=O) groups excluding carboxylic acids is 2. The van der Waals surface area contributed by atoms with E-state index in [2.05, 4.69) is 44.0 Å². The Hall–Kier alpha value is -5.42. The number of nitrogens with one attached hydrogen (secondary N) is 3. The topological polar surface area (TPSA) is 152 Å². The fourth-order valence-corrected chi connectivity index (χ4v) is 10.0. The monoisotopic (exact) mass is 872 g/mol. The van der Waals surface area contributed by atoms with E-state index in [9.17, 15) is 14.4 Å². The van der Waals surface area contributed by atoms with Crippen molar-refractivity contribution in [3.8, 4) is 5.75 Å². The van der Waals surface area contributed by atoms with Crippen LogP contribution in [0.5, 0.6) is 5.75 Å². The smallest absolute Gasteiger partial charge is 0.301 e. The van der Waals surface area contributed by atoms with Gasteiger partial charge in [0.25, 0.3) is 5.56 Å². The highest BCUT2D eigenvalue weighted by Gasteiger charge is 2.51. The summed E-state index contributed by atoms with van der Waals surface area (Å²) in [5.41, 5.74) is 3.73. The zero-order valence-electron chi connectivity index (χ0n) is 34.5. The van der Waals surface area contributed by atoms with Crippen LogP contribution in [0.2, 0.25) is 5.02 Å². The maximum atomic E-state index is 16.0. The van der Waals surface area contributed by atoms with Gasteiger partial charge in [-0.3, -0.25) is 24.4 Å². The van der Waals surface area contributed by atoms with Gasteiger partial charge in [0, 0.05) is 56.0 Å². The molecule has 4 fully saturated rings. The van der Waals surface area contributed by atoms with E-state index in [1.807, 2.05) is 16.6 Å². The number of likely N-dealkylation sites (tertiary alicyclic amines) is 1. The van der Waals surface area contributed by atoms with Gasteiger partial charge in [-0.1, -0.05) is 23.7 Å². The van der Waals surface area contributed by atoms with Crippen LogP contribution in [0.25, 0.3) is 21.8 Å². The summed E-state index contributed by atoms with van der Waals surface area (Å²) in [7, 11) is 3.46. The molecule has 1 unspecified atom stereocenters. The Labute approximate surface area is 360 Å². The lowest BCUT2D eigenvalue weighted by molar-refractivity contribution is -0.134. The van der Waals surface area contributed by atoms with Crippen LogP contribution < -0.4 is 31.1 Å². The molecule has 62 heavy (non-hydrogen) atoms. The molecule has 14 nitrogen and oxygen atoms in total. The molecule has 0 radical (unpaired) electrons. The van der Waals surface area contributed by atoms with E-state index >= 15 is 13.2 Å². The lowest BCUT2D eigenvalue weighted by Gasteiger charge is -2.39. The SMILES string of the molecule is Cn1nc(C2CCC(=O)NC2=O)c2ccc(C3CCN(C[C@H]4CCN(c5ncc(Cl)c(Nc6ccc7c(c6)c6c(c(=O)n7C)OCC(F)(F)[C@H](C7CC7)N6)n5)C[C@H]4F)CC3)cc21. The van der Waals surface area contributed by atoms with Crippen molar-refractivity contribution in [3.63, 3.8) is 0 Å². The van der Waals surface area contributed by atoms with Gasteiger partial charge in [0.05, 0.1) is 47.1 Å². The van der Waals surface area contributed by atoms with Crippen LogP contribution in [0.1, 0.15) is 68.0 Å². The second-order valence-electron chi connectivity index (χ2n) is 17.7. The number of amides is 2. The van der Waals surface area contributed by atoms with E-state index in [1.54, 1.807) is 25.2 Å². The zero-order chi connectivity index (χ0) is 43.0. The highest BCUT2D eigenvalue weighted by Crippen LogP contribution is 2.46. The van der Waals surface area contributed by atoms with E-state index < -0.39 is 36.2 Å². The van der Waals surface area contributed by atoms with Crippen LogP contribution in [0.15, 0.2) is 47.4 Å².